The van der Waals surface area contributed by atoms with Gasteiger partial charge in [-0.3, -0.25) is 0 Å². The standard InChI is InChI=1S/C22H12I4S/c1-13-3-7-17(23)15(11-13)5-9-19-21(25)22(26)20(27-19)10-6-16-12-14(2)4-8-18(16)24/h3-4,7-8,11-12H,1-2H3. The molecule has 0 radical (unpaired) electrons. The highest BCUT2D eigenvalue weighted by Gasteiger charge is 2.11. The van der Waals surface area contributed by atoms with E-state index in [1.807, 2.05) is 0 Å². The molecule has 0 bridgehead atoms. The zero-order valence-electron chi connectivity index (χ0n) is 14.4. The van der Waals surface area contributed by atoms with E-state index in [-0.39, 0.29) is 0 Å². The molecule has 3 aromatic rings. The monoisotopic (exact) mass is 816 g/mol. The smallest absolute Gasteiger partial charge is 0.0929 e. The third-order valence-electron chi connectivity index (χ3n) is 3.66. The lowest BCUT2D eigenvalue weighted by molar-refractivity contribution is 1.43. The maximum Gasteiger partial charge on any atom is 0.0929 e. The van der Waals surface area contributed by atoms with Gasteiger partial charge in [-0.1, -0.05) is 24.0 Å². The normalized spacial score (nSPS) is 10.0. The van der Waals surface area contributed by atoms with Crippen LogP contribution in [0.15, 0.2) is 36.4 Å². The van der Waals surface area contributed by atoms with Crippen molar-refractivity contribution in [3.63, 3.8) is 0 Å². The number of benzene rings is 2. The second kappa shape index (κ2) is 9.79. The van der Waals surface area contributed by atoms with E-state index in [0.29, 0.717) is 0 Å². The van der Waals surface area contributed by atoms with Gasteiger partial charge in [-0.05, 0) is 151 Å². The van der Waals surface area contributed by atoms with E-state index in [1.165, 1.54) is 25.4 Å². The number of thiophene rings is 1. The van der Waals surface area contributed by atoms with Crippen molar-refractivity contribution in [2.75, 3.05) is 0 Å². The fraction of sp³-hybridized carbons (Fsp3) is 0.0909. The number of aryl methyl sites for hydroxylation is 2. The molecule has 0 spiro atoms. The van der Waals surface area contributed by atoms with E-state index in [4.69, 9.17) is 0 Å². The predicted molar refractivity (Wildman–Crippen MR) is 150 cm³/mol. The van der Waals surface area contributed by atoms with Crippen LogP contribution in [0.25, 0.3) is 0 Å². The highest BCUT2D eigenvalue weighted by atomic mass is 127. The first-order chi connectivity index (χ1) is 12.8. The lowest BCUT2D eigenvalue weighted by Crippen LogP contribution is -1.84. The minimum Gasteiger partial charge on any atom is -0.116 e. The quantitative estimate of drug-likeness (QED) is 0.162. The summed E-state index contributed by atoms with van der Waals surface area (Å²) in [4.78, 5) is 2.17. The van der Waals surface area contributed by atoms with Crippen molar-refractivity contribution in [1.29, 1.82) is 0 Å². The van der Waals surface area contributed by atoms with Crippen molar-refractivity contribution in [3.05, 3.63) is 82.7 Å². The first kappa shape index (κ1) is 21.9. The first-order valence-corrected chi connectivity index (χ1v) is 13.0. The van der Waals surface area contributed by atoms with Gasteiger partial charge in [0.2, 0.25) is 0 Å². The van der Waals surface area contributed by atoms with Crippen molar-refractivity contribution in [2.24, 2.45) is 0 Å². The van der Waals surface area contributed by atoms with Crippen molar-refractivity contribution in [2.45, 2.75) is 13.8 Å². The summed E-state index contributed by atoms with van der Waals surface area (Å²) in [6, 6.07) is 12.7. The van der Waals surface area contributed by atoms with E-state index in [2.05, 4.69) is 164 Å². The van der Waals surface area contributed by atoms with Crippen LogP contribution in [-0.4, -0.2) is 0 Å². The van der Waals surface area contributed by atoms with Crippen LogP contribution >= 0.6 is 102 Å². The second-order valence-corrected chi connectivity index (χ2v) is 11.4. The Morgan fingerprint density at radius 2 is 1.04 bits per heavy atom. The summed E-state index contributed by atoms with van der Waals surface area (Å²) < 4.78 is 4.75. The highest BCUT2D eigenvalue weighted by molar-refractivity contribution is 14.1. The maximum absolute atomic E-state index is 3.36. The summed E-state index contributed by atoms with van der Waals surface area (Å²) >= 11 is 11.1. The van der Waals surface area contributed by atoms with E-state index >= 15 is 0 Å². The third-order valence-corrected chi connectivity index (χ3v) is 10.5. The van der Waals surface area contributed by atoms with E-state index in [9.17, 15) is 0 Å². The van der Waals surface area contributed by atoms with Gasteiger partial charge >= 0.3 is 0 Å². The van der Waals surface area contributed by atoms with Gasteiger partial charge in [-0.25, -0.2) is 0 Å². The van der Waals surface area contributed by atoms with Crippen LogP contribution in [0.3, 0.4) is 0 Å². The fourth-order valence-corrected chi connectivity index (χ4v) is 5.84. The van der Waals surface area contributed by atoms with Crippen molar-refractivity contribution < 1.29 is 0 Å². The molecular weight excluding hydrogens is 804 g/mol. The van der Waals surface area contributed by atoms with Crippen LogP contribution in [0.4, 0.5) is 0 Å². The van der Waals surface area contributed by atoms with Gasteiger partial charge in [-0.15, -0.1) is 11.3 Å². The van der Waals surface area contributed by atoms with Crippen LogP contribution in [0.1, 0.15) is 32.0 Å². The van der Waals surface area contributed by atoms with Gasteiger partial charge in [-0.2, -0.15) is 0 Å². The summed E-state index contributed by atoms with van der Waals surface area (Å²) in [5.41, 5.74) is 4.62. The fourth-order valence-electron chi connectivity index (χ4n) is 2.27. The number of hydrogen-bond acceptors (Lipinski definition) is 1. The molecule has 5 heteroatoms. The highest BCUT2D eigenvalue weighted by Crippen LogP contribution is 2.30. The third kappa shape index (κ3) is 5.62. The average molecular weight is 816 g/mol. The minimum absolute atomic E-state index is 1.08. The van der Waals surface area contributed by atoms with Gasteiger partial charge in [0, 0.05) is 18.3 Å². The van der Waals surface area contributed by atoms with E-state index < -0.39 is 0 Å². The second-order valence-electron chi connectivity index (χ2n) is 5.85. The summed E-state index contributed by atoms with van der Waals surface area (Å²) in [5.74, 6) is 13.4. The number of hydrogen-bond donors (Lipinski definition) is 0. The Hall–Kier alpha value is 0.180. The Bertz CT molecular complexity index is 1060. The Morgan fingerprint density at radius 3 is 1.44 bits per heavy atom. The number of halogens is 4. The molecule has 0 atom stereocenters. The molecule has 0 amide bonds. The first-order valence-electron chi connectivity index (χ1n) is 7.89. The molecule has 134 valence electrons. The van der Waals surface area contributed by atoms with Crippen LogP contribution in [0.5, 0.6) is 0 Å². The molecule has 27 heavy (non-hydrogen) atoms. The molecule has 0 saturated carbocycles. The molecule has 0 nitrogen and oxygen atoms in total. The van der Waals surface area contributed by atoms with Crippen LogP contribution < -0.4 is 0 Å². The topological polar surface area (TPSA) is 0 Å². The zero-order chi connectivity index (χ0) is 19.6. The Labute approximate surface area is 218 Å². The number of rotatable bonds is 0. The van der Waals surface area contributed by atoms with Gasteiger partial charge in [0.25, 0.3) is 0 Å². The van der Waals surface area contributed by atoms with E-state index in [0.717, 1.165) is 20.9 Å². The summed E-state index contributed by atoms with van der Waals surface area (Å²) in [7, 11) is 0. The molecule has 0 N–H and O–H groups in total. The Morgan fingerprint density at radius 1 is 0.630 bits per heavy atom. The molecular formula is C22H12I4S. The molecule has 1 aromatic heterocycles. The van der Waals surface area contributed by atoms with Crippen molar-refractivity contribution >= 4 is 102 Å². The van der Waals surface area contributed by atoms with Gasteiger partial charge in [0.05, 0.1) is 16.9 Å². The molecule has 2 aromatic carbocycles. The molecule has 0 aliphatic rings. The van der Waals surface area contributed by atoms with Crippen LogP contribution in [0, 0.1) is 51.8 Å². The van der Waals surface area contributed by atoms with E-state index in [1.54, 1.807) is 11.3 Å². The molecule has 0 fully saturated rings. The SMILES string of the molecule is Cc1ccc(I)c(C#Cc2sc(C#Cc3cc(C)ccc3I)c(I)c2I)c1. The van der Waals surface area contributed by atoms with Crippen molar-refractivity contribution in [3.8, 4) is 23.7 Å². The average Bonchev–Trinajstić information content (AvgIpc) is 2.91. The Kier molecular flexibility index (Phi) is 7.93. The summed E-state index contributed by atoms with van der Waals surface area (Å²) in [6.07, 6.45) is 0. The van der Waals surface area contributed by atoms with Crippen LogP contribution in [0.2, 0.25) is 0 Å². The van der Waals surface area contributed by atoms with Gasteiger partial charge in [0.15, 0.2) is 0 Å². The summed E-state index contributed by atoms with van der Waals surface area (Å²) in [5, 5.41) is 0. The minimum atomic E-state index is 1.08. The van der Waals surface area contributed by atoms with Gasteiger partial charge in [0.1, 0.15) is 0 Å². The lowest BCUT2D eigenvalue weighted by Gasteiger charge is -1.97. The zero-order valence-corrected chi connectivity index (χ0v) is 23.8. The van der Waals surface area contributed by atoms with Crippen LogP contribution in [-0.2, 0) is 0 Å². The molecule has 0 aliphatic heterocycles. The largest absolute Gasteiger partial charge is 0.116 e. The maximum atomic E-state index is 3.36. The molecule has 0 unspecified atom stereocenters. The predicted octanol–water partition coefficient (Wildman–Crippen LogP) is 7.58. The Balaban J connectivity index is 1.97. The molecule has 0 aliphatic carbocycles. The summed E-state index contributed by atoms with van der Waals surface area (Å²) in [6.45, 7) is 4.19. The molecule has 3 rings (SSSR count). The molecule has 1 heterocycles. The van der Waals surface area contributed by atoms with Gasteiger partial charge < -0.3 is 0 Å². The molecule has 0 saturated heterocycles. The van der Waals surface area contributed by atoms with Crippen molar-refractivity contribution in [1.82, 2.24) is 0 Å². The lowest BCUT2D eigenvalue weighted by atomic mass is 10.1.